The molecule has 0 unspecified atom stereocenters. The molecule has 0 aliphatic rings. The van der Waals surface area contributed by atoms with Gasteiger partial charge in [-0.2, -0.15) is 5.10 Å². The molecule has 178 valence electrons. The van der Waals surface area contributed by atoms with Crippen LogP contribution in [0.1, 0.15) is 25.0 Å². The molecular weight excluding hydrogens is 565 g/mol. The van der Waals surface area contributed by atoms with Crippen LogP contribution in [0.2, 0.25) is 0 Å². The molecule has 0 saturated heterocycles. The van der Waals surface area contributed by atoms with Crippen molar-refractivity contribution >= 4 is 49.9 Å². The van der Waals surface area contributed by atoms with Crippen LogP contribution in [-0.2, 0) is 14.8 Å². The number of hydrogen-bond donors (Lipinski definition) is 1. The van der Waals surface area contributed by atoms with Crippen LogP contribution >= 0.6 is 22.6 Å². The van der Waals surface area contributed by atoms with E-state index in [-0.39, 0.29) is 4.90 Å². The van der Waals surface area contributed by atoms with Crippen LogP contribution in [0.5, 0.6) is 5.75 Å². The van der Waals surface area contributed by atoms with Crippen molar-refractivity contribution in [3.63, 3.8) is 0 Å². The summed E-state index contributed by atoms with van der Waals surface area (Å²) in [5.74, 6) is 0.0514. The number of benzene rings is 3. The van der Waals surface area contributed by atoms with Gasteiger partial charge in [0.05, 0.1) is 22.9 Å². The highest BCUT2D eigenvalue weighted by Crippen LogP contribution is 2.26. The van der Waals surface area contributed by atoms with E-state index in [1.54, 1.807) is 43.3 Å². The number of ether oxygens (including phenoxy) is 1. The van der Waals surface area contributed by atoms with E-state index < -0.39 is 22.5 Å². The quantitative estimate of drug-likeness (QED) is 0.222. The SMILES string of the molecule is CCOc1ccc(N(CC(=O)N/N=C(/C)c2ccc(I)cc2)S(=O)(=O)c2ccc(C)cc2)cc1. The Bertz CT molecular complexity index is 1260. The zero-order valence-electron chi connectivity index (χ0n) is 19.2. The van der Waals surface area contributed by atoms with Crippen molar-refractivity contribution < 1.29 is 17.9 Å². The molecule has 0 radical (unpaired) electrons. The molecule has 9 heteroatoms. The van der Waals surface area contributed by atoms with Gasteiger partial charge in [-0.15, -0.1) is 0 Å². The number of nitrogens with one attached hydrogen (secondary N) is 1. The monoisotopic (exact) mass is 591 g/mol. The number of carbonyl (C=O) groups excluding carboxylic acids is 1. The molecule has 0 aliphatic carbocycles. The van der Waals surface area contributed by atoms with Crippen LogP contribution in [-0.4, -0.2) is 33.2 Å². The summed E-state index contributed by atoms with van der Waals surface area (Å²) in [5, 5.41) is 4.15. The Morgan fingerprint density at radius 3 is 2.21 bits per heavy atom. The summed E-state index contributed by atoms with van der Waals surface area (Å²) in [7, 11) is -4.00. The van der Waals surface area contributed by atoms with Gasteiger partial charge in [0.15, 0.2) is 0 Å². The fourth-order valence-electron chi connectivity index (χ4n) is 3.10. The van der Waals surface area contributed by atoms with E-state index in [0.29, 0.717) is 23.8 Å². The number of rotatable bonds is 9. The summed E-state index contributed by atoms with van der Waals surface area (Å²) in [6.07, 6.45) is 0. The summed E-state index contributed by atoms with van der Waals surface area (Å²) in [6.45, 7) is 5.57. The van der Waals surface area contributed by atoms with Crippen molar-refractivity contribution in [3.05, 3.63) is 87.5 Å². The Morgan fingerprint density at radius 1 is 1.00 bits per heavy atom. The zero-order chi connectivity index (χ0) is 24.7. The Hall–Kier alpha value is -2.92. The predicted molar refractivity (Wildman–Crippen MR) is 143 cm³/mol. The van der Waals surface area contributed by atoms with Gasteiger partial charge in [0.1, 0.15) is 12.3 Å². The van der Waals surface area contributed by atoms with Gasteiger partial charge in [0.2, 0.25) is 0 Å². The minimum atomic E-state index is -4.00. The lowest BCUT2D eigenvalue weighted by Crippen LogP contribution is -2.39. The first kappa shape index (κ1) is 25.7. The number of carbonyl (C=O) groups is 1. The van der Waals surface area contributed by atoms with E-state index in [1.165, 1.54) is 12.1 Å². The van der Waals surface area contributed by atoms with Crippen molar-refractivity contribution in [1.29, 1.82) is 0 Å². The molecule has 0 saturated carbocycles. The maximum atomic E-state index is 13.5. The second-order valence-electron chi connectivity index (χ2n) is 7.49. The summed E-state index contributed by atoms with van der Waals surface area (Å²) >= 11 is 2.21. The summed E-state index contributed by atoms with van der Waals surface area (Å²) in [6, 6.07) is 20.8. The van der Waals surface area contributed by atoms with Crippen molar-refractivity contribution in [2.75, 3.05) is 17.5 Å². The number of aryl methyl sites for hydroxylation is 1. The summed E-state index contributed by atoms with van der Waals surface area (Å²) in [5.41, 5.74) is 5.22. The lowest BCUT2D eigenvalue weighted by Gasteiger charge is -2.24. The first-order valence-corrected chi connectivity index (χ1v) is 13.1. The molecule has 3 aromatic carbocycles. The van der Waals surface area contributed by atoms with Crippen LogP contribution in [0.25, 0.3) is 0 Å². The minimum Gasteiger partial charge on any atom is -0.494 e. The summed E-state index contributed by atoms with van der Waals surface area (Å²) in [4.78, 5) is 12.9. The molecule has 0 atom stereocenters. The van der Waals surface area contributed by atoms with Gasteiger partial charge in [-0.25, -0.2) is 13.8 Å². The van der Waals surface area contributed by atoms with E-state index in [1.807, 2.05) is 38.1 Å². The number of sulfonamides is 1. The summed E-state index contributed by atoms with van der Waals surface area (Å²) < 4.78 is 34.5. The third-order valence-electron chi connectivity index (χ3n) is 4.94. The molecule has 1 N–H and O–H groups in total. The molecule has 0 fully saturated rings. The Morgan fingerprint density at radius 2 is 1.62 bits per heavy atom. The molecule has 0 bridgehead atoms. The second-order valence-corrected chi connectivity index (χ2v) is 10.6. The molecule has 3 aromatic rings. The maximum Gasteiger partial charge on any atom is 0.264 e. The van der Waals surface area contributed by atoms with Gasteiger partial charge < -0.3 is 4.74 Å². The van der Waals surface area contributed by atoms with Crippen molar-refractivity contribution in [1.82, 2.24) is 5.43 Å². The third-order valence-corrected chi connectivity index (χ3v) is 7.45. The molecule has 0 aromatic heterocycles. The number of hydrogen-bond acceptors (Lipinski definition) is 5. The zero-order valence-corrected chi connectivity index (χ0v) is 22.1. The largest absolute Gasteiger partial charge is 0.494 e. The Kier molecular flexibility index (Phi) is 8.67. The minimum absolute atomic E-state index is 0.0957. The van der Waals surface area contributed by atoms with Gasteiger partial charge in [0.25, 0.3) is 15.9 Å². The topological polar surface area (TPSA) is 88.1 Å². The van der Waals surface area contributed by atoms with Crippen molar-refractivity contribution in [3.8, 4) is 5.75 Å². The molecule has 0 heterocycles. The Balaban J connectivity index is 1.87. The van der Waals surface area contributed by atoms with E-state index in [2.05, 4.69) is 33.1 Å². The number of hydrazone groups is 1. The normalized spacial score (nSPS) is 11.7. The third kappa shape index (κ3) is 6.57. The molecular formula is C25H26IN3O4S. The van der Waals surface area contributed by atoms with E-state index in [0.717, 1.165) is 19.0 Å². The van der Waals surface area contributed by atoms with Gasteiger partial charge in [-0.05, 0) is 97.5 Å². The van der Waals surface area contributed by atoms with Crippen LogP contribution < -0.4 is 14.5 Å². The fourth-order valence-corrected chi connectivity index (χ4v) is 4.88. The van der Waals surface area contributed by atoms with Crippen LogP contribution in [0.15, 0.2) is 82.8 Å². The van der Waals surface area contributed by atoms with Gasteiger partial charge in [-0.3, -0.25) is 9.10 Å². The average molecular weight is 591 g/mol. The number of nitrogens with zero attached hydrogens (tertiary/aromatic N) is 2. The fraction of sp³-hybridized carbons (Fsp3) is 0.200. The molecule has 1 amide bonds. The highest BCUT2D eigenvalue weighted by molar-refractivity contribution is 14.1. The molecule has 3 rings (SSSR count). The first-order valence-electron chi connectivity index (χ1n) is 10.6. The first-order chi connectivity index (χ1) is 16.2. The standard InChI is InChI=1S/C25H26IN3O4S/c1-4-33-23-13-11-22(12-14-23)29(34(31,32)24-15-5-18(2)6-16-24)17-25(30)28-27-19(3)20-7-9-21(26)10-8-20/h5-16H,4,17H2,1-3H3,(H,28,30)/b27-19-. The maximum absolute atomic E-state index is 13.5. The van der Waals surface area contributed by atoms with Crippen LogP contribution in [0.3, 0.4) is 0 Å². The van der Waals surface area contributed by atoms with Gasteiger partial charge in [0, 0.05) is 3.57 Å². The van der Waals surface area contributed by atoms with Crippen LogP contribution in [0.4, 0.5) is 5.69 Å². The number of anilines is 1. The lowest BCUT2D eigenvalue weighted by atomic mass is 10.1. The molecule has 34 heavy (non-hydrogen) atoms. The van der Waals surface area contributed by atoms with E-state index in [4.69, 9.17) is 4.74 Å². The highest BCUT2D eigenvalue weighted by Gasteiger charge is 2.27. The number of amides is 1. The van der Waals surface area contributed by atoms with Gasteiger partial charge >= 0.3 is 0 Å². The van der Waals surface area contributed by atoms with Crippen molar-refractivity contribution in [2.24, 2.45) is 5.10 Å². The average Bonchev–Trinajstić information content (AvgIpc) is 2.82. The molecule has 7 nitrogen and oxygen atoms in total. The van der Waals surface area contributed by atoms with E-state index >= 15 is 0 Å². The predicted octanol–water partition coefficient (Wildman–Crippen LogP) is 4.73. The highest BCUT2D eigenvalue weighted by atomic mass is 127. The second kappa shape index (κ2) is 11.5. The lowest BCUT2D eigenvalue weighted by molar-refractivity contribution is -0.119. The van der Waals surface area contributed by atoms with E-state index in [9.17, 15) is 13.2 Å². The Labute approximate surface area is 214 Å². The van der Waals surface area contributed by atoms with Crippen LogP contribution in [0, 0.1) is 10.5 Å². The smallest absolute Gasteiger partial charge is 0.264 e. The van der Waals surface area contributed by atoms with Gasteiger partial charge in [-0.1, -0.05) is 29.8 Å². The molecule has 0 aliphatic heterocycles. The van der Waals surface area contributed by atoms with Crippen molar-refractivity contribution in [2.45, 2.75) is 25.7 Å². The number of halogens is 1. The molecule has 0 spiro atoms.